The van der Waals surface area contributed by atoms with Crippen molar-refractivity contribution in [3.8, 4) is 0 Å². The second-order valence-electron chi connectivity index (χ2n) is 2.59. The highest BCUT2D eigenvalue weighted by Crippen LogP contribution is 2.15. The van der Waals surface area contributed by atoms with Gasteiger partial charge < -0.3 is 9.30 Å². The van der Waals surface area contributed by atoms with Gasteiger partial charge in [0.05, 0.1) is 6.61 Å². The number of imidazole rings is 1. The quantitative estimate of drug-likeness (QED) is 0.746. The predicted octanol–water partition coefficient (Wildman–Crippen LogP) is 1.67. The van der Waals surface area contributed by atoms with Crippen LogP contribution in [0.25, 0.3) is 0 Å². The van der Waals surface area contributed by atoms with Gasteiger partial charge >= 0.3 is 5.97 Å². The lowest BCUT2D eigenvalue weighted by Gasteiger charge is -2.01. The van der Waals surface area contributed by atoms with Gasteiger partial charge in [0, 0.05) is 12.7 Å². The summed E-state index contributed by atoms with van der Waals surface area (Å²) in [5, 5.41) is 0. The van der Waals surface area contributed by atoms with Crippen LogP contribution in [0.3, 0.4) is 0 Å². The molecule has 0 fully saturated rings. The first-order chi connectivity index (χ1) is 6.07. The van der Waals surface area contributed by atoms with Crippen LogP contribution in [-0.4, -0.2) is 22.1 Å². The van der Waals surface area contributed by atoms with Crippen molar-refractivity contribution in [1.29, 1.82) is 0 Å². The predicted molar refractivity (Wildman–Crippen MR) is 51.6 cm³/mol. The van der Waals surface area contributed by atoms with Crippen LogP contribution in [0.15, 0.2) is 4.60 Å². The monoisotopic (exact) mass is 246 g/mol. The van der Waals surface area contributed by atoms with Crippen LogP contribution in [0.1, 0.15) is 23.2 Å². The molecule has 0 bridgehead atoms. The fraction of sp³-hybridized carbons (Fsp3) is 0.500. The number of nitrogens with zero attached hydrogens (tertiary/aromatic N) is 2. The molecule has 0 saturated heterocycles. The first-order valence-corrected chi connectivity index (χ1v) is 4.73. The Labute approximate surface area is 85.0 Å². The van der Waals surface area contributed by atoms with Crippen molar-refractivity contribution in [2.45, 2.75) is 13.8 Å². The lowest BCUT2D eigenvalue weighted by Crippen LogP contribution is -2.11. The number of ether oxygens (including phenoxy) is 1. The van der Waals surface area contributed by atoms with Crippen molar-refractivity contribution in [2.75, 3.05) is 6.61 Å². The van der Waals surface area contributed by atoms with E-state index in [1.165, 1.54) is 0 Å². The molecule has 0 saturated carbocycles. The van der Waals surface area contributed by atoms with Gasteiger partial charge in [-0.25, -0.2) is 9.78 Å². The summed E-state index contributed by atoms with van der Waals surface area (Å²) in [6, 6.07) is 0. The van der Waals surface area contributed by atoms with Crippen molar-refractivity contribution in [3.63, 3.8) is 0 Å². The third kappa shape index (κ3) is 1.91. The van der Waals surface area contributed by atoms with Gasteiger partial charge in [-0.15, -0.1) is 0 Å². The van der Waals surface area contributed by atoms with Crippen LogP contribution in [0.4, 0.5) is 0 Å². The van der Waals surface area contributed by atoms with Gasteiger partial charge in [-0.2, -0.15) is 0 Å². The molecule has 0 radical (unpaired) electrons. The van der Waals surface area contributed by atoms with Gasteiger partial charge in [0.25, 0.3) is 0 Å². The van der Waals surface area contributed by atoms with E-state index in [4.69, 9.17) is 4.74 Å². The minimum atomic E-state index is -0.390. The summed E-state index contributed by atoms with van der Waals surface area (Å²) in [5.74, 6) is -0.0648. The highest BCUT2D eigenvalue weighted by atomic mass is 79.9. The number of hydrogen-bond acceptors (Lipinski definition) is 3. The Morgan fingerprint density at radius 1 is 1.69 bits per heavy atom. The lowest BCUT2D eigenvalue weighted by atomic mass is 10.5. The van der Waals surface area contributed by atoms with E-state index < -0.39 is 0 Å². The summed E-state index contributed by atoms with van der Waals surface area (Å²) in [7, 11) is 1.78. The van der Waals surface area contributed by atoms with E-state index in [-0.39, 0.29) is 5.97 Å². The fourth-order valence-corrected chi connectivity index (χ4v) is 1.36. The third-order valence-corrected chi connectivity index (χ3v) is 2.53. The zero-order chi connectivity index (χ0) is 10.0. The molecule has 0 aliphatic heterocycles. The van der Waals surface area contributed by atoms with Crippen molar-refractivity contribution < 1.29 is 9.53 Å². The van der Waals surface area contributed by atoms with Crippen molar-refractivity contribution >= 4 is 21.9 Å². The normalized spacial score (nSPS) is 10.2. The van der Waals surface area contributed by atoms with Gasteiger partial charge in [-0.05, 0) is 29.8 Å². The van der Waals surface area contributed by atoms with Crippen molar-refractivity contribution in [1.82, 2.24) is 9.55 Å². The molecule has 1 heterocycles. The first kappa shape index (κ1) is 10.2. The van der Waals surface area contributed by atoms with Gasteiger partial charge in [0.2, 0.25) is 5.82 Å². The van der Waals surface area contributed by atoms with Gasteiger partial charge in [-0.3, -0.25) is 0 Å². The first-order valence-electron chi connectivity index (χ1n) is 3.93. The van der Waals surface area contributed by atoms with Crippen LogP contribution in [0.2, 0.25) is 0 Å². The standard InChI is InChI=1S/C8H11BrN2O2/c1-4-13-8(12)7-10-6(9)5(2)11(7)3/h4H2,1-3H3. The Kier molecular flexibility index (Phi) is 3.08. The molecule has 0 aliphatic carbocycles. The molecule has 0 unspecified atom stereocenters. The van der Waals surface area contributed by atoms with Crippen LogP contribution >= 0.6 is 15.9 Å². The highest BCUT2D eigenvalue weighted by Gasteiger charge is 2.16. The van der Waals surface area contributed by atoms with Crippen molar-refractivity contribution in [2.24, 2.45) is 7.05 Å². The average molecular weight is 247 g/mol. The summed E-state index contributed by atoms with van der Waals surface area (Å²) in [5.41, 5.74) is 0.906. The topological polar surface area (TPSA) is 44.1 Å². The molecule has 1 aromatic heterocycles. The van der Waals surface area contributed by atoms with Crippen molar-refractivity contribution in [3.05, 3.63) is 16.1 Å². The van der Waals surface area contributed by atoms with Crippen LogP contribution < -0.4 is 0 Å². The van der Waals surface area contributed by atoms with Gasteiger partial charge in [-0.1, -0.05) is 0 Å². The molecule has 1 aromatic rings. The zero-order valence-corrected chi connectivity index (χ0v) is 9.38. The molecule has 1 rings (SSSR count). The van der Waals surface area contributed by atoms with Crippen LogP contribution in [0, 0.1) is 6.92 Å². The van der Waals surface area contributed by atoms with E-state index in [1.807, 2.05) is 6.92 Å². The summed E-state index contributed by atoms with van der Waals surface area (Å²) in [6.07, 6.45) is 0. The van der Waals surface area contributed by atoms with E-state index in [2.05, 4.69) is 20.9 Å². The smallest absolute Gasteiger partial charge is 0.374 e. The number of aromatic nitrogens is 2. The Bertz CT molecular complexity index is 333. The van der Waals surface area contributed by atoms with E-state index >= 15 is 0 Å². The van der Waals surface area contributed by atoms with E-state index in [0.717, 1.165) is 5.69 Å². The Morgan fingerprint density at radius 2 is 2.31 bits per heavy atom. The molecule has 72 valence electrons. The van der Waals surface area contributed by atoms with Gasteiger partial charge in [0.1, 0.15) is 4.60 Å². The largest absolute Gasteiger partial charge is 0.460 e. The SMILES string of the molecule is CCOC(=O)c1nc(Br)c(C)n1C. The number of esters is 1. The van der Waals surface area contributed by atoms with Gasteiger partial charge in [0.15, 0.2) is 0 Å². The molecule has 4 nitrogen and oxygen atoms in total. The summed E-state index contributed by atoms with van der Waals surface area (Å²) in [6.45, 7) is 4.00. The Morgan fingerprint density at radius 3 is 2.69 bits per heavy atom. The molecule has 0 atom stereocenters. The summed E-state index contributed by atoms with van der Waals surface area (Å²) in [4.78, 5) is 15.3. The second kappa shape index (κ2) is 3.91. The molecule has 0 amide bonds. The Balaban J connectivity index is 3.01. The van der Waals surface area contributed by atoms with E-state index in [1.54, 1.807) is 18.5 Å². The maximum Gasteiger partial charge on any atom is 0.374 e. The summed E-state index contributed by atoms with van der Waals surface area (Å²) >= 11 is 3.25. The second-order valence-corrected chi connectivity index (χ2v) is 3.34. The number of carbonyl (C=O) groups excluding carboxylic acids is 1. The Hall–Kier alpha value is -0.840. The molecule has 0 N–H and O–H groups in total. The van der Waals surface area contributed by atoms with Crippen LogP contribution in [-0.2, 0) is 11.8 Å². The summed E-state index contributed by atoms with van der Waals surface area (Å²) < 4.78 is 7.21. The molecule has 5 heteroatoms. The molecular weight excluding hydrogens is 236 g/mol. The molecular formula is C8H11BrN2O2. The van der Waals surface area contributed by atoms with E-state index in [9.17, 15) is 4.79 Å². The minimum Gasteiger partial charge on any atom is -0.460 e. The minimum absolute atomic E-state index is 0.325. The molecule has 0 aromatic carbocycles. The average Bonchev–Trinajstić information content (AvgIpc) is 2.33. The van der Waals surface area contributed by atoms with E-state index in [0.29, 0.717) is 17.0 Å². The molecule has 0 aliphatic rings. The third-order valence-electron chi connectivity index (χ3n) is 1.78. The number of carbonyl (C=O) groups is 1. The molecule has 13 heavy (non-hydrogen) atoms. The number of rotatable bonds is 2. The highest BCUT2D eigenvalue weighted by molar-refractivity contribution is 9.10. The lowest BCUT2D eigenvalue weighted by molar-refractivity contribution is 0.0507. The molecule has 0 spiro atoms. The fourth-order valence-electron chi connectivity index (χ4n) is 0.924. The zero-order valence-electron chi connectivity index (χ0n) is 7.80. The number of halogens is 1. The maximum absolute atomic E-state index is 11.3. The maximum atomic E-state index is 11.3. The number of hydrogen-bond donors (Lipinski definition) is 0. The van der Waals surface area contributed by atoms with Crippen LogP contribution in [0.5, 0.6) is 0 Å².